The van der Waals surface area contributed by atoms with E-state index in [4.69, 9.17) is 4.74 Å². The lowest BCUT2D eigenvalue weighted by atomic mass is 9.74. The summed E-state index contributed by atoms with van der Waals surface area (Å²) in [5.74, 6) is 1.90. The minimum Gasteiger partial charge on any atom is -0.492 e. The maximum absolute atomic E-state index is 5.71. The molecule has 20 heavy (non-hydrogen) atoms. The SMILES string of the molecule is CCOc1cccc2c1NCC1(CCC(CC)CC1)N2. The van der Waals surface area contributed by atoms with E-state index in [-0.39, 0.29) is 5.54 Å². The fourth-order valence-electron chi connectivity index (χ4n) is 3.62. The van der Waals surface area contributed by atoms with Gasteiger partial charge in [-0.2, -0.15) is 0 Å². The van der Waals surface area contributed by atoms with Gasteiger partial charge in [0, 0.05) is 6.54 Å². The van der Waals surface area contributed by atoms with Crippen LogP contribution in [0.1, 0.15) is 46.0 Å². The zero-order chi connectivity index (χ0) is 14.0. The lowest BCUT2D eigenvalue weighted by molar-refractivity contribution is 0.255. The Labute approximate surface area is 122 Å². The third-order valence-corrected chi connectivity index (χ3v) is 4.97. The number of fused-ring (bicyclic) bond motifs is 1. The van der Waals surface area contributed by atoms with Crippen LogP contribution >= 0.6 is 0 Å². The molecule has 0 aromatic heterocycles. The van der Waals surface area contributed by atoms with Crippen LogP contribution in [0.3, 0.4) is 0 Å². The molecule has 1 aliphatic heterocycles. The molecule has 1 spiro atoms. The third-order valence-electron chi connectivity index (χ3n) is 4.97. The number of para-hydroxylation sites is 1. The standard InChI is InChI=1S/C17H26N2O/c1-3-13-8-10-17(11-9-13)12-18-16-14(19-17)6-5-7-15(16)20-4-2/h5-7,13,18-19H,3-4,8-12H2,1-2H3. The van der Waals surface area contributed by atoms with Crippen LogP contribution < -0.4 is 15.4 Å². The highest BCUT2D eigenvalue weighted by Gasteiger charge is 2.38. The highest BCUT2D eigenvalue weighted by atomic mass is 16.5. The minimum absolute atomic E-state index is 0.253. The van der Waals surface area contributed by atoms with Crippen molar-refractivity contribution in [3.05, 3.63) is 18.2 Å². The molecule has 0 atom stereocenters. The van der Waals surface area contributed by atoms with E-state index in [1.807, 2.05) is 13.0 Å². The zero-order valence-electron chi connectivity index (χ0n) is 12.7. The molecule has 3 nitrogen and oxygen atoms in total. The van der Waals surface area contributed by atoms with E-state index in [0.29, 0.717) is 6.61 Å². The molecule has 0 radical (unpaired) electrons. The van der Waals surface area contributed by atoms with Crippen LogP contribution in [0, 0.1) is 5.92 Å². The van der Waals surface area contributed by atoms with E-state index in [1.54, 1.807) is 0 Å². The quantitative estimate of drug-likeness (QED) is 0.864. The lowest BCUT2D eigenvalue weighted by Gasteiger charge is -2.45. The summed E-state index contributed by atoms with van der Waals surface area (Å²) < 4.78 is 5.71. The van der Waals surface area contributed by atoms with E-state index < -0.39 is 0 Å². The van der Waals surface area contributed by atoms with E-state index in [1.165, 1.54) is 37.8 Å². The molecule has 3 rings (SSSR count). The predicted molar refractivity (Wildman–Crippen MR) is 84.7 cm³/mol. The lowest BCUT2D eigenvalue weighted by Crippen LogP contribution is -2.50. The molecule has 1 aliphatic carbocycles. The number of anilines is 2. The highest BCUT2D eigenvalue weighted by Crippen LogP contribution is 2.43. The van der Waals surface area contributed by atoms with Gasteiger partial charge in [0.1, 0.15) is 11.4 Å². The molecule has 1 heterocycles. The fraction of sp³-hybridized carbons (Fsp3) is 0.647. The Morgan fingerprint density at radius 3 is 2.75 bits per heavy atom. The molecule has 1 saturated carbocycles. The van der Waals surface area contributed by atoms with Crippen molar-refractivity contribution in [3.63, 3.8) is 0 Å². The molecule has 0 saturated heterocycles. The summed E-state index contributed by atoms with van der Waals surface area (Å²) in [5, 5.41) is 7.44. The molecule has 0 amide bonds. The summed E-state index contributed by atoms with van der Waals surface area (Å²) in [6, 6.07) is 6.29. The average molecular weight is 274 g/mol. The summed E-state index contributed by atoms with van der Waals surface area (Å²) in [7, 11) is 0. The normalized spacial score (nSPS) is 28.4. The number of ether oxygens (including phenoxy) is 1. The Morgan fingerprint density at radius 2 is 2.05 bits per heavy atom. The zero-order valence-corrected chi connectivity index (χ0v) is 12.7. The minimum atomic E-state index is 0.253. The number of nitrogens with one attached hydrogen (secondary N) is 2. The summed E-state index contributed by atoms with van der Waals surface area (Å²) in [6.07, 6.45) is 6.58. The van der Waals surface area contributed by atoms with Crippen molar-refractivity contribution < 1.29 is 4.74 Å². The largest absolute Gasteiger partial charge is 0.492 e. The Hall–Kier alpha value is -1.38. The van der Waals surface area contributed by atoms with Crippen LogP contribution in [0.4, 0.5) is 11.4 Å². The van der Waals surface area contributed by atoms with Crippen LogP contribution in [0.2, 0.25) is 0 Å². The van der Waals surface area contributed by atoms with Gasteiger partial charge in [-0.15, -0.1) is 0 Å². The molecular weight excluding hydrogens is 248 g/mol. The molecule has 1 aromatic rings. The van der Waals surface area contributed by atoms with Gasteiger partial charge in [0.05, 0.1) is 17.8 Å². The summed E-state index contributed by atoms with van der Waals surface area (Å²) in [6.45, 7) is 6.07. The summed E-state index contributed by atoms with van der Waals surface area (Å²) in [5.41, 5.74) is 2.60. The average Bonchev–Trinajstić information content (AvgIpc) is 2.48. The van der Waals surface area contributed by atoms with Gasteiger partial charge in [0.25, 0.3) is 0 Å². The molecule has 2 aliphatic rings. The summed E-state index contributed by atoms with van der Waals surface area (Å²) in [4.78, 5) is 0. The van der Waals surface area contributed by atoms with Crippen molar-refractivity contribution >= 4 is 11.4 Å². The van der Waals surface area contributed by atoms with Crippen molar-refractivity contribution in [3.8, 4) is 5.75 Å². The molecule has 0 bridgehead atoms. The van der Waals surface area contributed by atoms with Crippen molar-refractivity contribution in [2.45, 2.75) is 51.5 Å². The molecular formula is C17H26N2O. The number of hydrogen-bond donors (Lipinski definition) is 2. The third kappa shape index (κ3) is 2.46. The Kier molecular flexibility index (Phi) is 3.77. The second-order valence-corrected chi connectivity index (χ2v) is 6.22. The van der Waals surface area contributed by atoms with Gasteiger partial charge < -0.3 is 15.4 Å². The number of rotatable bonds is 3. The Morgan fingerprint density at radius 1 is 1.25 bits per heavy atom. The monoisotopic (exact) mass is 274 g/mol. The van der Waals surface area contributed by atoms with Crippen LogP contribution in [-0.4, -0.2) is 18.7 Å². The topological polar surface area (TPSA) is 33.3 Å². The smallest absolute Gasteiger partial charge is 0.144 e. The fourth-order valence-corrected chi connectivity index (χ4v) is 3.62. The first-order valence-corrected chi connectivity index (χ1v) is 8.04. The molecule has 1 aromatic carbocycles. The van der Waals surface area contributed by atoms with Gasteiger partial charge in [-0.25, -0.2) is 0 Å². The maximum atomic E-state index is 5.71. The Balaban J connectivity index is 1.77. The molecule has 1 fully saturated rings. The first-order valence-electron chi connectivity index (χ1n) is 8.04. The van der Waals surface area contributed by atoms with Gasteiger partial charge >= 0.3 is 0 Å². The van der Waals surface area contributed by atoms with Crippen molar-refractivity contribution in [2.24, 2.45) is 5.92 Å². The highest BCUT2D eigenvalue weighted by molar-refractivity contribution is 5.78. The van der Waals surface area contributed by atoms with Crippen LogP contribution in [0.5, 0.6) is 5.75 Å². The van der Waals surface area contributed by atoms with Crippen LogP contribution in [0.25, 0.3) is 0 Å². The number of benzene rings is 1. The van der Waals surface area contributed by atoms with Gasteiger partial charge in [0.15, 0.2) is 0 Å². The number of hydrogen-bond acceptors (Lipinski definition) is 3. The first kappa shape index (κ1) is 13.6. The van der Waals surface area contributed by atoms with Gasteiger partial charge in [-0.3, -0.25) is 0 Å². The van der Waals surface area contributed by atoms with Crippen LogP contribution in [0.15, 0.2) is 18.2 Å². The van der Waals surface area contributed by atoms with Crippen molar-refractivity contribution in [1.82, 2.24) is 0 Å². The molecule has 2 N–H and O–H groups in total. The molecule has 0 unspecified atom stereocenters. The van der Waals surface area contributed by atoms with E-state index >= 15 is 0 Å². The summed E-state index contributed by atoms with van der Waals surface area (Å²) >= 11 is 0. The maximum Gasteiger partial charge on any atom is 0.144 e. The first-order chi connectivity index (χ1) is 9.76. The van der Waals surface area contributed by atoms with Crippen LogP contribution in [-0.2, 0) is 0 Å². The van der Waals surface area contributed by atoms with E-state index in [9.17, 15) is 0 Å². The van der Waals surface area contributed by atoms with Crippen molar-refractivity contribution in [1.29, 1.82) is 0 Å². The van der Waals surface area contributed by atoms with Crippen molar-refractivity contribution in [2.75, 3.05) is 23.8 Å². The predicted octanol–water partition coefficient (Wildman–Crippen LogP) is 4.26. The van der Waals surface area contributed by atoms with Gasteiger partial charge in [-0.05, 0) is 50.7 Å². The van der Waals surface area contributed by atoms with E-state index in [2.05, 4.69) is 29.7 Å². The van der Waals surface area contributed by atoms with E-state index in [0.717, 1.165) is 23.9 Å². The Bertz CT molecular complexity index is 464. The second-order valence-electron chi connectivity index (χ2n) is 6.22. The molecule has 110 valence electrons. The second kappa shape index (κ2) is 5.55. The van der Waals surface area contributed by atoms with Gasteiger partial charge in [-0.1, -0.05) is 19.4 Å². The van der Waals surface area contributed by atoms with Gasteiger partial charge in [0.2, 0.25) is 0 Å². The molecule has 3 heteroatoms.